The molecule has 0 spiro atoms. The van der Waals surface area contributed by atoms with Gasteiger partial charge in [0.1, 0.15) is 5.82 Å². The summed E-state index contributed by atoms with van der Waals surface area (Å²) in [5.41, 5.74) is 4.31. The molecule has 3 rings (SSSR count). The number of nitrogens with zero attached hydrogens (tertiary/aromatic N) is 1. The van der Waals surface area contributed by atoms with Gasteiger partial charge in [-0.1, -0.05) is 24.3 Å². The lowest BCUT2D eigenvalue weighted by Gasteiger charge is -2.14. The van der Waals surface area contributed by atoms with Crippen LogP contribution in [0.5, 0.6) is 0 Å². The van der Waals surface area contributed by atoms with Crippen LogP contribution in [-0.2, 0) is 18.8 Å². The molecule has 0 atom stereocenters. The molecule has 0 fully saturated rings. The lowest BCUT2D eigenvalue weighted by molar-refractivity contribution is 0.625. The van der Waals surface area contributed by atoms with Crippen LogP contribution in [0.1, 0.15) is 16.8 Å². The van der Waals surface area contributed by atoms with Crippen LogP contribution in [0.25, 0.3) is 10.9 Å². The number of aliphatic imine (C=N–C) groups is 1. The molecule has 26 heavy (non-hydrogen) atoms. The van der Waals surface area contributed by atoms with Gasteiger partial charge in [0, 0.05) is 30.6 Å². The summed E-state index contributed by atoms with van der Waals surface area (Å²) in [6, 6.07) is 15.3. The first-order valence-corrected chi connectivity index (χ1v) is 9.86. The zero-order valence-electron chi connectivity index (χ0n) is 15.0. The van der Waals surface area contributed by atoms with Crippen LogP contribution in [0.15, 0.2) is 53.5 Å². The number of thioether (sulfide) groups is 1. The Balaban J connectivity index is 1.60. The van der Waals surface area contributed by atoms with Gasteiger partial charge >= 0.3 is 0 Å². The Morgan fingerprint density at radius 1 is 1.08 bits per heavy atom. The maximum atomic E-state index is 13.5. The fourth-order valence-electron chi connectivity index (χ4n) is 2.86. The van der Waals surface area contributed by atoms with Gasteiger partial charge in [0.25, 0.3) is 0 Å². The van der Waals surface area contributed by atoms with Crippen molar-refractivity contribution in [2.75, 3.05) is 13.3 Å². The Bertz CT molecular complexity index is 871. The number of benzene rings is 2. The highest BCUT2D eigenvalue weighted by Crippen LogP contribution is 2.17. The molecule has 3 aromatic rings. The highest BCUT2D eigenvalue weighted by molar-refractivity contribution is 7.97. The molecule has 3 N–H and O–H groups in total. The molecular formula is C20H23FN4S. The molecule has 1 heterocycles. The van der Waals surface area contributed by atoms with Gasteiger partial charge in [0.15, 0.2) is 5.96 Å². The highest BCUT2D eigenvalue weighted by atomic mass is 32.2. The molecule has 0 amide bonds. The van der Waals surface area contributed by atoms with Gasteiger partial charge < -0.3 is 15.6 Å². The Morgan fingerprint density at radius 3 is 2.65 bits per heavy atom. The van der Waals surface area contributed by atoms with Crippen molar-refractivity contribution in [1.82, 2.24) is 15.6 Å². The minimum atomic E-state index is -0.195. The van der Waals surface area contributed by atoms with Crippen LogP contribution in [0.2, 0.25) is 0 Å². The number of hydrogen-bond donors (Lipinski definition) is 3. The highest BCUT2D eigenvalue weighted by Gasteiger charge is 2.06. The number of aromatic nitrogens is 1. The van der Waals surface area contributed by atoms with Crippen LogP contribution in [0.4, 0.5) is 4.39 Å². The average molecular weight is 370 g/mol. The first-order valence-electron chi connectivity index (χ1n) is 8.47. The zero-order valence-corrected chi connectivity index (χ0v) is 15.8. The van der Waals surface area contributed by atoms with Crippen molar-refractivity contribution in [3.8, 4) is 0 Å². The van der Waals surface area contributed by atoms with Crippen molar-refractivity contribution in [1.29, 1.82) is 0 Å². The molecule has 136 valence electrons. The number of fused-ring (bicyclic) bond motifs is 1. The van der Waals surface area contributed by atoms with Crippen molar-refractivity contribution in [3.63, 3.8) is 0 Å². The largest absolute Gasteiger partial charge is 0.357 e. The summed E-state index contributed by atoms with van der Waals surface area (Å²) in [6.45, 7) is 1.25. The number of halogens is 1. The fourth-order valence-corrected chi connectivity index (χ4v) is 3.44. The Kier molecular flexibility index (Phi) is 6.17. The van der Waals surface area contributed by atoms with E-state index in [9.17, 15) is 4.39 Å². The molecular weight excluding hydrogens is 347 g/mol. The second-order valence-electron chi connectivity index (χ2n) is 6.01. The van der Waals surface area contributed by atoms with E-state index in [0.717, 1.165) is 28.1 Å². The predicted octanol–water partition coefficient (Wildman–Crippen LogP) is 4.04. The molecule has 0 radical (unpaired) electrons. The molecule has 4 nitrogen and oxygen atoms in total. The monoisotopic (exact) mass is 370 g/mol. The number of para-hydroxylation sites is 1. The lowest BCUT2D eigenvalue weighted by atomic mass is 10.1. The van der Waals surface area contributed by atoms with Gasteiger partial charge in [-0.05, 0) is 47.0 Å². The Hall–Kier alpha value is -2.47. The summed E-state index contributed by atoms with van der Waals surface area (Å²) in [5, 5.41) is 7.80. The maximum Gasteiger partial charge on any atom is 0.191 e. The standard InChI is InChI=1S/C20H23FN4S/c1-22-20(23-11-15-7-8-17(21)9-16(15)13-26-2)24-12-18-10-14-5-3-4-6-19(14)25-18/h3-10,25H,11-13H2,1-2H3,(H2,22,23,24). The summed E-state index contributed by atoms with van der Waals surface area (Å²) in [7, 11) is 1.74. The van der Waals surface area contributed by atoms with E-state index >= 15 is 0 Å². The number of aromatic amines is 1. The molecule has 6 heteroatoms. The van der Waals surface area contributed by atoms with Crippen LogP contribution >= 0.6 is 11.8 Å². The van der Waals surface area contributed by atoms with Crippen LogP contribution in [0, 0.1) is 5.82 Å². The fraction of sp³-hybridized carbons (Fsp3) is 0.250. The molecule has 0 aliphatic carbocycles. The SMILES string of the molecule is CN=C(NCc1cc2ccccc2[nH]1)NCc1ccc(F)cc1CSC. The third-order valence-electron chi connectivity index (χ3n) is 4.17. The third kappa shape index (κ3) is 4.58. The summed E-state index contributed by atoms with van der Waals surface area (Å²) in [4.78, 5) is 7.66. The van der Waals surface area contributed by atoms with Crippen molar-refractivity contribution < 1.29 is 4.39 Å². The van der Waals surface area contributed by atoms with E-state index in [4.69, 9.17) is 0 Å². The van der Waals surface area contributed by atoms with E-state index in [0.29, 0.717) is 19.0 Å². The molecule has 1 aromatic heterocycles. The molecule has 0 aliphatic rings. The minimum absolute atomic E-state index is 0.195. The number of guanidine groups is 1. The average Bonchev–Trinajstić information content (AvgIpc) is 3.06. The topological polar surface area (TPSA) is 52.2 Å². The number of H-pyrrole nitrogens is 1. The molecule has 0 unspecified atom stereocenters. The van der Waals surface area contributed by atoms with Gasteiger partial charge in [0.05, 0.1) is 6.54 Å². The van der Waals surface area contributed by atoms with E-state index in [2.05, 4.69) is 38.8 Å². The first kappa shape index (κ1) is 18.3. The minimum Gasteiger partial charge on any atom is -0.357 e. The predicted molar refractivity (Wildman–Crippen MR) is 109 cm³/mol. The third-order valence-corrected chi connectivity index (χ3v) is 4.77. The molecule has 0 bridgehead atoms. The van der Waals surface area contributed by atoms with E-state index in [1.807, 2.05) is 24.5 Å². The quantitative estimate of drug-likeness (QED) is 0.453. The molecule has 0 saturated carbocycles. The van der Waals surface area contributed by atoms with Crippen molar-refractivity contribution in [2.45, 2.75) is 18.8 Å². The van der Waals surface area contributed by atoms with E-state index in [1.54, 1.807) is 24.9 Å². The van der Waals surface area contributed by atoms with Gasteiger partial charge in [-0.15, -0.1) is 0 Å². The zero-order chi connectivity index (χ0) is 18.4. The van der Waals surface area contributed by atoms with E-state index < -0.39 is 0 Å². The summed E-state index contributed by atoms with van der Waals surface area (Å²) >= 11 is 1.68. The smallest absolute Gasteiger partial charge is 0.191 e. The van der Waals surface area contributed by atoms with E-state index in [-0.39, 0.29) is 5.82 Å². The van der Waals surface area contributed by atoms with Gasteiger partial charge in [0.2, 0.25) is 0 Å². The van der Waals surface area contributed by atoms with Crippen molar-refractivity contribution in [2.24, 2.45) is 4.99 Å². The van der Waals surface area contributed by atoms with Crippen LogP contribution in [-0.4, -0.2) is 24.2 Å². The molecule has 0 aliphatic heterocycles. The summed E-state index contributed by atoms with van der Waals surface area (Å²) in [5.74, 6) is 1.30. The first-order chi connectivity index (χ1) is 12.7. The summed E-state index contributed by atoms with van der Waals surface area (Å²) in [6.07, 6.45) is 2.02. The van der Waals surface area contributed by atoms with Gasteiger partial charge in [-0.2, -0.15) is 11.8 Å². The molecule has 2 aromatic carbocycles. The maximum absolute atomic E-state index is 13.5. The number of nitrogens with one attached hydrogen (secondary N) is 3. The lowest BCUT2D eigenvalue weighted by Crippen LogP contribution is -2.36. The number of hydrogen-bond acceptors (Lipinski definition) is 2. The second-order valence-corrected chi connectivity index (χ2v) is 6.87. The van der Waals surface area contributed by atoms with Crippen molar-refractivity contribution >= 4 is 28.6 Å². The molecule has 0 saturated heterocycles. The van der Waals surface area contributed by atoms with Gasteiger partial charge in [-0.3, -0.25) is 4.99 Å². The number of rotatable bonds is 6. The van der Waals surface area contributed by atoms with Crippen LogP contribution in [0.3, 0.4) is 0 Å². The second kappa shape index (κ2) is 8.76. The van der Waals surface area contributed by atoms with Crippen molar-refractivity contribution in [3.05, 3.63) is 71.2 Å². The Morgan fingerprint density at radius 2 is 1.88 bits per heavy atom. The van der Waals surface area contributed by atoms with Gasteiger partial charge in [-0.25, -0.2) is 4.39 Å². The normalized spacial score (nSPS) is 11.7. The Labute approximate surface area is 157 Å². The summed E-state index contributed by atoms with van der Waals surface area (Å²) < 4.78 is 13.5. The van der Waals surface area contributed by atoms with E-state index in [1.165, 1.54) is 11.5 Å². The van der Waals surface area contributed by atoms with Crippen LogP contribution < -0.4 is 10.6 Å².